The molecule has 2 bridgehead atoms. The van der Waals surface area contributed by atoms with Crippen molar-refractivity contribution in [3.05, 3.63) is 109 Å². The second kappa shape index (κ2) is 9.98. The quantitative estimate of drug-likeness (QED) is 0.336. The number of carbonyl (C=O) groups is 1. The zero-order valence-electron chi connectivity index (χ0n) is 22.5. The maximum atomic E-state index is 13.9. The normalized spacial score (nSPS) is 20.9. The van der Waals surface area contributed by atoms with Gasteiger partial charge in [-0.1, -0.05) is 53.8 Å². The molecule has 0 saturated heterocycles. The van der Waals surface area contributed by atoms with E-state index < -0.39 is 23.7 Å². The second-order valence-corrected chi connectivity index (χ2v) is 11.0. The van der Waals surface area contributed by atoms with Gasteiger partial charge in [-0.2, -0.15) is 0 Å². The van der Waals surface area contributed by atoms with Crippen molar-refractivity contribution in [1.29, 1.82) is 0 Å². The molecular weight excluding hydrogens is 528 g/mol. The number of thiazole rings is 1. The second-order valence-electron chi connectivity index (χ2n) is 9.95. The molecule has 204 valence electrons. The van der Waals surface area contributed by atoms with Crippen LogP contribution in [0, 0.1) is 12.8 Å². The highest BCUT2D eigenvalue weighted by atomic mass is 32.1. The summed E-state index contributed by atoms with van der Waals surface area (Å²) in [4.78, 5) is 32.2. The zero-order valence-corrected chi connectivity index (χ0v) is 23.4. The van der Waals surface area contributed by atoms with Crippen LogP contribution < -0.4 is 29.1 Å². The van der Waals surface area contributed by atoms with Gasteiger partial charge in [0, 0.05) is 11.1 Å². The third-order valence-corrected chi connectivity index (χ3v) is 8.40. The van der Waals surface area contributed by atoms with Crippen molar-refractivity contribution in [3.8, 4) is 17.2 Å². The molecule has 0 aliphatic carbocycles. The highest BCUT2D eigenvalue weighted by molar-refractivity contribution is 7.07. The Morgan fingerprint density at radius 1 is 1.10 bits per heavy atom. The number of rotatable bonds is 6. The minimum absolute atomic E-state index is 0.227. The molecular formula is C31H28N2O6S. The van der Waals surface area contributed by atoms with Crippen molar-refractivity contribution in [2.45, 2.75) is 32.2 Å². The standard InChI is InChI=1S/C31H28N2O6S/c1-18-9-5-7-11-22(18)38-17-20-15-19(13-14-23(20)36-3)16-25-28(34)33-27-21-10-6-8-12-24(21)39-31(2,32-30(33)40-25)26(27)29(35)37-4/h5-16,26-27H,17H2,1-4H3/b25-16+/t26-,27+,31+/m1/s1. The van der Waals surface area contributed by atoms with Gasteiger partial charge in [0.1, 0.15) is 29.8 Å². The third-order valence-electron chi connectivity index (χ3n) is 7.41. The van der Waals surface area contributed by atoms with Crippen molar-refractivity contribution in [1.82, 2.24) is 4.57 Å². The number of carbonyl (C=O) groups excluding carboxylic acids is 1. The predicted molar refractivity (Wildman–Crippen MR) is 151 cm³/mol. The molecule has 40 heavy (non-hydrogen) atoms. The summed E-state index contributed by atoms with van der Waals surface area (Å²) in [7, 11) is 2.95. The predicted octanol–water partition coefficient (Wildman–Crippen LogP) is 3.76. The molecule has 6 rings (SSSR count). The number of methoxy groups -OCH3 is 2. The molecule has 9 heteroatoms. The number of aryl methyl sites for hydroxylation is 1. The summed E-state index contributed by atoms with van der Waals surface area (Å²) in [5.74, 6) is 0.799. The van der Waals surface area contributed by atoms with Crippen LogP contribution in [0.2, 0.25) is 0 Å². The number of benzene rings is 3. The fourth-order valence-corrected chi connectivity index (χ4v) is 6.56. The molecule has 3 aromatic carbocycles. The number of esters is 1. The Labute approximate surface area is 234 Å². The molecule has 1 aromatic heterocycles. The number of ether oxygens (including phenoxy) is 4. The first-order valence-electron chi connectivity index (χ1n) is 12.9. The Balaban J connectivity index is 1.44. The maximum absolute atomic E-state index is 13.9. The van der Waals surface area contributed by atoms with Gasteiger partial charge in [0.25, 0.3) is 5.56 Å². The van der Waals surface area contributed by atoms with Crippen LogP contribution in [0.1, 0.15) is 35.2 Å². The van der Waals surface area contributed by atoms with Crippen molar-refractivity contribution in [2.24, 2.45) is 10.9 Å². The van der Waals surface area contributed by atoms with Gasteiger partial charge in [-0.3, -0.25) is 14.2 Å². The molecule has 0 fully saturated rings. The van der Waals surface area contributed by atoms with Gasteiger partial charge in [0.2, 0.25) is 5.72 Å². The molecule has 0 spiro atoms. The highest BCUT2D eigenvalue weighted by Gasteiger charge is 2.55. The molecule has 3 heterocycles. The van der Waals surface area contributed by atoms with E-state index >= 15 is 0 Å². The molecule has 2 aliphatic rings. The first kappa shape index (κ1) is 25.9. The summed E-state index contributed by atoms with van der Waals surface area (Å²) in [6.45, 7) is 4.07. The summed E-state index contributed by atoms with van der Waals surface area (Å²) in [6, 6.07) is 20.4. The van der Waals surface area contributed by atoms with Gasteiger partial charge in [0.15, 0.2) is 4.80 Å². The van der Waals surface area contributed by atoms with Crippen molar-refractivity contribution < 1.29 is 23.7 Å². The topological polar surface area (TPSA) is 88.4 Å². The molecule has 2 aliphatic heterocycles. The lowest BCUT2D eigenvalue weighted by Crippen LogP contribution is -2.58. The van der Waals surface area contributed by atoms with Gasteiger partial charge < -0.3 is 18.9 Å². The Kier molecular flexibility index (Phi) is 6.46. The lowest BCUT2D eigenvalue weighted by Gasteiger charge is -2.44. The van der Waals surface area contributed by atoms with Crippen LogP contribution in [-0.4, -0.2) is 30.5 Å². The Bertz CT molecular complexity index is 1810. The van der Waals surface area contributed by atoms with E-state index in [4.69, 9.17) is 23.9 Å². The molecule has 4 aromatic rings. The number of aromatic nitrogens is 1. The monoisotopic (exact) mass is 556 g/mol. The van der Waals surface area contributed by atoms with Crippen LogP contribution in [0.5, 0.6) is 17.2 Å². The Morgan fingerprint density at radius 3 is 2.65 bits per heavy atom. The van der Waals surface area contributed by atoms with Crippen LogP contribution >= 0.6 is 11.3 Å². The van der Waals surface area contributed by atoms with E-state index in [1.165, 1.54) is 18.4 Å². The van der Waals surface area contributed by atoms with E-state index in [-0.39, 0.29) is 5.56 Å². The van der Waals surface area contributed by atoms with E-state index in [2.05, 4.69) is 0 Å². The fraction of sp³-hybridized carbons (Fsp3) is 0.258. The van der Waals surface area contributed by atoms with Crippen molar-refractivity contribution in [3.63, 3.8) is 0 Å². The average molecular weight is 557 g/mol. The molecule has 0 N–H and O–H groups in total. The first-order chi connectivity index (χ1) is 19.3. The van der Waals surface area contributed by atoms with Gasteiger partial charge in [-0.15, -0.1) is 0 Å². The Hall–Kier alpha value is -4.37. The third kappa shape index (κ3) is 4.26. The fourth-order valence-electron chi connectivity index (χ4n) is 5.46. The van der Waals surface area contributed by atoms with Crippen LogP contribution in [0.4, 0.5) is 0 Å². The first-order valence-corrected chi connectivity index (χ1v) is 13.7. The molecule has 3 atom stereocenters. The van der Waals surface area contributed by atoms with Crippen LogP contribution in [0.3, 0.4) is 0 Å². The summed E-state index contributed by atoms with van der Waals surface area (Å²) in [5.41, 5.74) is 2.02. The maximum Gasteiger partial charge on any atom is 0.317 e. The number of para-hydroxylation sites is 2. The van der Waals surface area contributed by atoms with Crippen molar-refractivity contribution in [2.75, 3.05) is 14.2 Å². The van der Waals surface area contributed by atoms with Crippen LogP contribution in [0.25, 0.3) is 6.08 Å². The van der Waals surface area contributed by atoms with E-state index in [0.717, 1.165) is 28.0 Å². The molecule has 0 unspecified atom stereocenters. The van der Waals surface area contributed by atoms with Gasteiger partial charge >= 0.3 is 5.97 Å². The molecule has 0 radical (unpaired) electrons. The molecule has 0 saturated carbocycles. The largest absolute Gasteiger partial charge is 0.496 e. The smallest absolute Gasteiger partial charge is 0.317 e. The lowest BCUT2D eigenvalue weighted by atomic mass is 9.81. The number of fused-ring (bicyclic) bond motifs is 6. The summed E-state index contributed by atoms with van der Waals surface area (Å²) in [5, 5.41) is 0. The number of hydrogen-bond donors (Lipinski definition) is 0. The van der Waals surface area contributed by atoms with Gasteiger partial charge in [-0.05, 0) is 55.3 Å². The molecule has 0 amide bonds. The Morgan fingerprint density at radius 2 is 1.88 bits per heavy atom. The highest BCUT2D eigenvalue weighted by Crippen LogP contribution is 2.47. The zero-order chi connectivity index (χ0) is 28.0. The number of hydrogen-bond acceptors (Lipinski definition) is 8. The van der Waals surface area contributed by atoms with E-state index in [1.807, 2.05) is 79.7 Å². The van der Waals surface area contributed by atoms with Gasteiger partial charge in [0.05, 0.1) is 24.8 Å². The molecule has 8 nitrogen and oxygen atoms in total. The van der Waals surface area contributed by atoms with E-state index in [0.29, 0.717) is 27.4 Å². The SMILES string of the molecule is COC(=O)[C@H]1[C@@H]2c3ccccc3O[C@]1(C)N=c1s/c(=C/c3ccc(OC)c(COc4ccccc4C)c3)c(=O)n12. The number of nitrogens with zero attached hydrogens (tertiary/aromatic N) is 2. The summed E-state index contributed by atoms with van der Waals surface area (Å²) in [6.07, 6.45) is 1.83. The summed E-state index contributed by atoms with van der Waals surface area (Å²) < 4.78 is 25.1. The lowest BCUT2D eigenvalue weighted by molar-refractivity contribution is -0.158. The van der Waals surface area contributed by atoms with Crippen LogP contribution in [-0.2, 0) is 16.1 Å². The van der Waals surface area contributed by atoms with E-state index in [9.17, 15) is 9.59 Å². The van der Waals surface area contributed by atoms with Crippen molar-refractivity contribution >= 4 is 23.4 Å². The summed E-state index contributed by atoms with van der Waals surface area (Å²) >= 11 is 1.27. The van der Waals surface area contributed by atoms with Gasteiger partial charge in [-0.25, -0.2) is 4.99 Å². The minimum atomic E-state index is -1.21. The van der Waals surface area contributed by atoms with Crippen LogP contribution in [0.15, 0.2) is 76.5 Å². The minimum Gasteiger partial charge on any atom is -0.496 e. The average Bonchev–Trinajstić information content (AvgIpc) is 3.24. The van der Waals surface area contributed by atoms with E-state index in [1.54, 1.807) is 18.6 Å².